The summed E-state index contributed by atoms with van der Waals surface area (Å²) >= 11 is 0. The van der Waals surface area contributed by atoms with Crippen molar-refractivity contribution >= 4 is 23.6 Å². The summed E-state index contributed by atoms with van der Waals surface area (Å²) in [5.41, 5.74) is 1.00. The second-order valence-corrected chi connectivity index (χ2v) is 5.71. The van der Waals surface area contributed by atoms with Gasteiger partial charge in [0.15, 0.2) is 0 Å². The molecule has 1 saturated heterocycles. The number of nitrogens with zero attached hydrogens (tertiary/aromatic N) is 2. The van der Waals surface area contributed by atoms with Crippen LogP contribution >= 0.6 is 0 Å². The quantitative estimate of drug-likeness (QED) is 0.861. The largest absolute Gasteiger partial charge is 0.480 e. The Hall–Kier alpha value is -2.57. The molecule has 1 aromatic carbocycles. The molecular formula is C16H21N3O4. The molecule has 7 nitrogen and oxygen atoms in total. The zero-order valence-electron chi connectivity index (χ0n) is 13.3. The monoisotopic (exact) mass is 319 g/mol. The van der Waals surface area contributed by atoms with E-state index in [4.69, 9.17) is 5.11 Å². The number of carbonyl (C=O) groups excluding carboxylic acids is 2. The topological polar surface area (TPSA) is 90.0 Å². The molecule has 3 amide bonds. The second kappa shape index (κ2) is 7.13. The van der Waals surface area contributed by atoms with Gasteiger partial charge in [-0.2, -0.15) is 0 Å². The number of carbonyl (C=O) groups is 3. The number of amides is 3. The first-order chi connectivity index (χ1) is 10.9. The highest BCUT2D eigenvalue weighted by molar-refractivity contribution is 5.99. The minimum atomic E-state index is -1.06. The summed E-state index contributed by atoms with van der Waals surface area (Å²) in [5.74, 6) is -1.42. The molecule has 1 aromatic rings. The van der Waals surface area contributed by atoms with Crippen molar-refractivity contribution in [2.75, 3.05) is 24.5 Å². The van der Waals surface area contributed by atoms with Crippen LogP contribution in [0, 0.1) is 0 Å². The maximum absolute atomic E-state index is 12.6. The van der Waals surface area contributed by atoms with Crippen LogP contribution < -0.4 is 10.2 Å². The number of aliphatic carboxylic acids is 1. The van der Waals surface area contributed by atoms with Gasteiger partial charge >= 0.3 is 12.0 Å². The lowest BCUT2D eigenvalue weighted by Crippen LogP contribution is -2.46. The molecule has 0 atom stereocenters. The average molecular weight is 319 g/mol. The Morgan fingerprint density at radius 3 is 2.74 bits per heavy atom. The van der Waals surface area contributed by atoms with Crippen LogP contribution in [0.25, 0.3) is 0 Å². The van der Waals surface area contributed by atoms with Crippen LogP contribution in [0.15, 0.2) is 24.3 Å². The number of carboxylic acids is 1. The molecule has 0 radical (unpaired) electrons. The summed E-state index contributed by atoms with van der Waals surface area (Å²) in [5, 5.41) is 11.7. The van der Waals surface area contributed by atoms with Crippen molar-refractivity contribution in [1.82, 2.24) is 10.2 Å². The van der Waals surface area contributed by atoms with E-state index in [-0.39, 0.29) is 24.5 Å². The van der Waals surface area contributed by atoms with Crippen molar-refractivity contribution in [3.05, 3.63) is 29.8 Å². The number of nitrogens with one attached hydrogen (secondary N) is 1. The van der Waals surface area contributed by atoms with E-state index in [0.29, 0.717) is 24.3 Å². The number of anilines is 1. The molecular weight excluding hydrogens is 298 g/mol. The van der Waals surface area contributed by atoms with E-state index >= 15 is 0 Å². The van der Waals surface area contributed by atoms with Gasteiger partial charge in [0.2, 0.25) is 0 Å². The van der Waals surface area contributed by atoms with Gasteiger partial charge < -0.3 is 15.3 Å². The van der Waals surface area contributed by atoms with Gasteiger partial charge in [-0.1, -0.05) is 6.07 Å². The number of benzene rings is 1. The Bertz CT molecular complexity index is 615. The van der Waals surface area contributed by atoms with Crippen molar-refractivity contribution in [2.24, 2.45) is 0 Å². The lowest BCUT2D eigenvalue weighted by Gasteiger charge is -2.28. The normalized spacial score (nSPS) is 14.6. The zero-order valence-corrected chi connectivity index (χ0v) is 13.3. The first-order valence-electron chi connectivity index (χ1n) is 7.58. The summed E-state index contributed by atoms with van der Waals surface area (Å²) in [6.45, 7) is 4.41. The number of rotatable bonds is 5. The number of urea groups is 1. The highest BCUT2D eigenvalue weighted by Crippen LogP contribution is 2.20. The molecule has 0 spiro atoms. The van der Waals surface area contributed by atoms with E-state index in [0.717, 1.165) is 6.42 Å². The molecule has 124 valence electrons. The van der Waals surface area contributed by atoms with Gasteiger partial charge in [0.05, 0.1) is 0 Å². The first kappa shape index (κ1) is 16.8. The lowest BCUT2D eigenvalue weighted by atomic mass is 10.1. The lowest BCUT2D eigenvalue weighted by molar-refractivity contribution is -0.138. The minimum Gasteiger partial charge on any atom is -0.480 e. The van der Waals surface area contributed by atoms with Crippen LogP contribution in [0.2, 0.25) is 0 Å². The molecule has 0 bridgehead atoms. The summed E-state index contributed by atoms with van der Waals surface area (Å²) in [7, 11) is 0. The molecule has 0 saturated carbocycles. The fourth-order valence-corrected chi connectivity index (χ4v) is 2.48. The van der Waals surface area contributed by atoms with Gasteiger partial charge in [0.25, 0.3) is 5.91 Å². The first-order valence-corrected chi connectivity index (χ1v) is 7.58. The highest BCUT2D eigenvalue weighted by atomic mass is 16.4. The maximum atomic E-state index is 12.6. The minimum absolute atomic E-state index is 0.188. The fraction of sp³-hybridized carbons (Fsp3) is 0.438. The fourth-order valence-electron chi connectivity index (χ4n) is 2.48. The van der Waals surface area contributed by atoms with Crippen LogP contribution in [0.5, 0.6) is 0 Å². The highest BCUT2D eigenvalue weighted by Gasteiger charge is 2.24. The van der Waals surface area contributed by atoms with Gasteiger partial charge in [-0.05, 0) is 38.5 Å². The van der Waals surface area contributed by atoms with Crippen LogP contribution in [0.4, 0.5) is 10.5 Å². The second-order valence-electron chi connectivity index (χ2n) is 5.71. The summed E-state index contributed by atoms with van der Waals surface area (Å²) in [6, 6.07) is 6.30. The number of carboxylic acid groups (broad SMARTS) is 1. The number of hydrogen-bond donors (Lipinski definition) is 2. The summed E-state index contributed by atoms with van der Waals surface area (Å²) in [6.07, 6.45) is 0.834. The molecule has 2 rings (SSSR count). The third-order valence-corrected chi connectivity index (χ3v) is 3.67. The SMILES string of the molecule is CC(C)N(CC(=O)O)C(=O)c1cccc(N2CCCNC2=O)c1. The van der Waals surface area contributed by atoms with E-state index in [2.05, 4.69) is 5.32 Å². The van der Waals surface area contributed by atoms with Gasteiger partial charge in [-0.15, -0.1) is 0 Å². The molecule has 0 aliphatic carbocycles. The predicted molar refractivity (Wildman–Crippen MR) is 85.6 cm³/mol. The maximum Gasteiger partial charge on any atom is 0.323 e. The van der Waals surface area contributed by atoms with E-state index in [1.807, 2.05) is 0 Å². The van der Waals surface area contributed by atoms with Crippen LogP contribution in [0.1, 0.15) is 30.6 Å². The van der Waals surface area contributed by atoms with Crippen molar-refractivity contribution in [3.8, 4) is 0 Å². The van der Waals surface area contributed by atoms with E-state index in [9.17, 15) is 14.4 Å². The summed E-state index contributed by atoms with van der Waals surface area (Å²) in [4.78, 5) is 38.3. The Morgan fingerprint density at radius 2 is 2.13 bits per heavy atom. The standard InChI is InChI=1S/C16H21N3O4/c1-11(2)19(10-14(20)21)15(22)12-5-3-6-13(9-12)18-8-4-7-17-16(18)23/h3,5-6,9,11H,4,7-8,10H2,1-2H3,(H,17,23)(H,20,21). The molecule has 1 aliphatic heterocycles. The van der Waals surface area contributed by atoms with Crippen molar-refractivity contribution in [1.29, 1.82) is 0 Å². The van der Waals surface area contributed by atoms with Crippen LogP contribution in [-0.2, 0) is 4.79 Å². The van der Waals surface area contributed by atoms with E-state index < -0.39 is 5.97 Å². The molecule has 7 heteroatoms. The Morgan fingerprint density at radius 1 is 1.39 bits per heavy atom. The predicted octanol–water partition coefficient (Wildman–Crippen LogP) is 1.54. The Kier molecular flexibility index (Phi) is 5.20. The zero-order chi connectivity index (χ0) is 17.0. The van der Waals surface area contributed by atoms with Crippen molar-refractivity contribution in [2.45, 2.75) is 26.3 Å². The van der Waals surface area contributed by atoms with Crippen molar-refractivity contribution in [3.63, 3.8) is 0 Å². The molecule has 0 aromatic heterocycles. The van der Waals surface area contributed by atoms with Crippen molar-refractivity contribution < 1.29 is 19.5 Å². The van der Waals surface area contributed by atoms with Gasteiger partial charge in [-0.3, -0.25) is 14.5 Å². The van der Waals surface area contributed by atoms with Crippen LogP contribution in [-0.4, -0.2) is 53.6 Å². The van der Waals surface area contributed by atoms with Crippen LogP contribution in [0.3, 0.4) is 0 Å². The van der Waals surface area contributed by atoms with E-state index in [1.54, 1.807) is 43.0 Å². The Balaban J connectivity index is 2.25. The molecule has 23 heavy (non-hydrogen) atoms. The van der Waals surface area contributed by atoms with Gasteiger partial charge in [-0.25, -0.2) is 4.79 Å². The molecule has 2 N–H and O–H groups in total. The molecule has 1 heterocycles. The third-order valence-electron chi connectivity index (χ3n) is 3.67. The van der Waals surface area contributed by atoms with E-state index in [1.165, 1.54) is 4.90 Å². The number of hydrogen-bond acceptors (Lipinski definition) is 3. The molecule has 1 fully saturated rings. The van der Waals surface area contributed by atoms with Gasteiger partial charge in [0.1, 0.15) is 6.54 Å². The summed E-state index contributed by atoms with van der Waals surface area (Å²) < 4.78 is 0. The Labute approximate surface area is 134 Å². The van der Waals surface area contributed by atoms with Gasteiger partial charge in [0, 0.05) is 30.4 Å². The molecule has 0 unspecified atom stereocenters. The molecule has 1 aliphatic rings. The average Bonchev–Trinajstić information content (AvgIpc) is 2.52. The third kappa shape index (κ3) is 4.00. The smallest absolute Gasteiger partial charge is 0.323 e.